The van der Waals surface area contributed by atoms with Gasteiger partial charge in [0.05, 0.1) is 18.7 Å². The number of nitrogens with zero attached hydrogens (tertiary/aromatic N) is 3. The highest BCUT2D eigenvalue weighted by atomic mass is 79.9. The Morgan fingerprint density at radius 2 is 1.15 bits per heavy atom. The molecule has 5 aromatic rings. The van der Waals surface area contributed by atoms with Crippen molar-refractivity contribution in [2.24, 2.45) is 0 Å². The van der Waals surface area contributed by atoms with Crippen LogP contribution in [0.25, 0.3) is 22.3 Å². The second kappa shape index (κ2) is 15.9. The van der Waals surface area contributed by atoms with E-state index < -0.39 is 0 Å². The molecule has 198 valence electrons. The molecule has 5 rings (SSSR count). The van der Waals surface area contributed by atoms with E-state index in [0.717, 1.165) is 32.7 Å². The third-order valence-corrected chi connectivity index (χ3v) is 5.93. The van der Waals surface area contributed by atoms with Crippen LogP contribution in [0, 0.1) is 13.8 Å². The highest BCUT2D eigenvalue weighted by Crippen LogP contribution is 2.18. The largest absolute Gasteiger partial charge is 0.466 e. The molecule has 0 saturated carbocycles. The topological polar surface area (TPSA) is 65.0 Å². The van der Waals surface area contributed by atoms with Gasteiger partial charge in [0, 0.05) is 45.6 Å². The molecule has 0 aliphatic carbocycles. The second-order valence-electron chi connectivity index (χ2n) is 8.56. The molecule has 0 radical (unpaired) electrons. The minimum atomic E-state index is -0.238. The van der Waals surface area contributed by atoms with Crippen LogP contribution in [0.4, 0.5) is 0 Å². The van der Waals surface area contributed by atoms with E-state index >= 15 is 0 Å². The van der Waals surface area contributed by atoms with Gasteiger partial charge in [0.25, 0.3) is 0 Å². The Morgan fingerprint density at radius 1 is 0.641 bits per heavy atom. The van der Waals surface area contributed by atoms with Gasteiger partial charge in [0.15, 0.2) is 0 Å². The SMILES string of the molecule is CCOC(=O)Cc1ccc(-c2ccccc2)cn1.Cc1ccc(-c2ccccc2)cn1.Cc1ccc(Br)cn1. The highest BCUT2D eigenvalue weighted by Gasteiger charge is 2.05. The van der Waals surface area contributed by atoms with E-state index in [0.29, 0.717) is 6.61 Å². The lowest BCUT2D eigenvalue weighted by Gasteiger charge is -2.03. The molecule has 0 bridgehead atoms. The van der Waals surface area contributed by atoms with Crippen LogP contribution >= 0.6 is 15.9 Å². The molecule has 0 unspecified atom stereocenters. The van der Waals surface area contributed by atoms with Gasteiger partial charge in [-0.15, -0.1) is 0 Å². The maximum atomic E-state index is 11.3. The summed E-state index contributed by atoms with van der Waals surface area (Å²) in [7, 11) is 0. The number of rotatable bonds is 5. The number of halogens is 1. The number of pyridine rings is 3. The van der Waals surface area contributed by atoms with Crippen LogP contribution in [-0.2, 0) is 16.0 Å². The summed E-state index contributed by atoms with van der Waals surface area (Å²) >= 11 is 3.28. The van der Waals surface area contributed by atoms with E-state index in [4.69, 9.17) is 4.74 Å². The first-order valence-electron chi connectivity index (χ1n) is 12.7. The molecule has 39 heavy (non-hydrogen) atoms. The number of ether oxygens (including phenoxy) is 1. The van der Waals surface area contributed by atoms with Crippen molar-refractivity contribution in [3.8, 4) is 22.3 Å². The molecule has 0 aliphatic rings. The molecule has 5 nitrogen and oxygen atoms in total. The van der Waals surface area contributed by atoms with Crippen LogP contribution in [0.1, 0.15) is 24.0 Å². The van der Waals surface area contributed by atoms with Crippen LogP contribution in [0.5, 0.6) is 0 Å². The van der Waals surface area contributed by atoms with Crippen LogP contribution in [0.2, 0.25) is 0 Å². The number of hydrogen-bond acceptors (Lipinski definition) is 5. The van der Waals surface area contributed by atoms with Crippen molar-refractivity contribution in [3.63, 3.8) is 0 Å². The van der Waals surface area contributed by atoms with E-state index in [1.54, 1.807) is 19.3 Å². The van der Waals surface area contributed by atoms with Gasteiger partial charge in [-0.1, -0.05) is 72.8 Å². The highest BCUT2D eigenvalue weighted by molar-refractivity contribution is 9.10. The molecule has 0 saturated heterocycles. The summed E-state index contributed by atoms with van der Waals surface area (Å²) in [5.74, 6) is -0.238. The van der Waals surface area contributed by atoms with Crippen molar-refractivity contribution in [1.82, 2.24) is 15.0 Å². The second-order valence-corrected chi connectivity index (χ2v) is 9.47. The number of benzene rings is 2. The molecule has 3 aromatic heterocycles. The molecule has 0 N–H and O–H groups in total. The van der Waals surface area contributed by atoms with E-state index in [-0.39, 0.29) is 12.4 Å². The maximum absolute atomic E-state index is 11.3. The van der Waals surface area contributed by atoms with Crippen molar-refractivity contribution in [2.45, 2.75) is 27.2 Å². The molecular formula is C33H32BrN3O2. The summed E-state index contributed by atoms with van der Waals surface area (Å²) in [6.07, 6.45) is 5.70. The van der Waals surface area contributed by atoms with Crippen LogP contribution in [0.15, 0.2) is 120 Å². The monoisotopic (exact) mass is 581 g/mol. The molecule has 6 heteroatoms. The molecule has 0 atom stereocenters. The van der Waals surface area contributed by atoms with E-state index in [2.05, 4.69) is 49.1 Å². The van der Waals surface area contributed by atoms with Crippen molar-refractivity contribution < 1.29 is 9.53 Å². The number of esters is 1. The van der Waals surface area contributed by atoms with Crippen molar-refractivity contribution >= 4 is 21.9 Å². The van der Waals surface area contributed by atoms with Crippen molar-refractivity contribution in [1.29, 1.82) is 0 Å². The number of aromatic nitrogens is 3. The van der Waals surface area contributed by atoms with Gasteiger partial charge in [-0.3, -0.25) is 19.7 Å². The molecule has 0 spiro atoms. The Labute approximate surface area is 239 Å². The first-order chi connectivity index (χ1) is 18.9. The predicted molar refractivity (Wildman–Crippen MR) is 161 cm³/mol. The molecule has 3 heterocycles. The zero-order valence-electron chi connectivity index (χ0n) is 22.4. The van der Waals surface area contributed by atoms with E-state index in [1.165, 1.54) is 11.1 Å². The molecule has 2 aromatic carbocycles. The fourth-order valence-electron chi connectivity index (χ4n) is 3.41. The summed E-state index contributed by atoms with van der Waals surface area (Å²) in [5, 5.41) is 0. The summed E-state index contributed by atoms with van der Waals surface area (Å²) in [4.78, 5) is 23.9. The van der Waals surface area contributed by atoms with Gasteiger partial charge >= 0.3 is 5.97 Å². The Hall–Kier alpha value is -4.16. The van der Waals surface area contributed by atoms with Crippen LogP contribution in [0.3, 0.4) is 0 Å². The third kappa shape index (κ3) is 10.6. The minimum Gasteiger partial charge on any atom is -0.466 e. The Balaban J connectivity index is 0.000000174. The maximum Gasteiger partial charge on any atom is 0.311 e. The fraction of sp³-hybridized carbons (Fsp3) is 0.152. The lowest BCUT2D eigenvalue weighted by atomic mass is 10.1. The Bertz CT molecular complexity index is 1370. The predicted octanol–water partition coefficient (Wildman–Crippen LogP) is 8.06. The smallest absolute Gasteiger partial charge is 0.311 e. The zero-order chi connectivity index (χ0) is 27.9. The Morgan fingerprint density at radius 3 is 1.56 bits per heavy atom. The number of carbonyl (C=O) groups is 1. The number of carbonyl (C=O) groups excluding carboxylic acids is 1. The molecule has 0 amide bonds. The lowest BCUT2D eigenvalue weighted by molar-refractivity contribution is -0.142. The normalized spacial score (nSPS) is 9.85. The van der Waals surface area contributed by atoms with Crippen molar-refractivity contribution in [3.05, 3.63) is 137 Å². The summed E-state index contributed by atoms with van der Waals surface area (Å²) in [5.41, 5.74) is 7.39. The average molecular weight is 583 g/mol. The standard InChI is InChI=1S/C15H15NO2.C12H11N.C6H6BrN/c1-2-18-15(17)10-14-9-8-13(11-16-14)12-6-4-3-5-7-12;1-10-7-8-12(9-13-10)11-5-3-2-4-6-11;1-5-2-3-6(7)4-8-5/h3-9,11H,2,10H2,1H3;2-9H,1H3;2-4H,1H3. The molecular weight excluding hydrogens is 550 g/mol. The van der Waals surface area contributed by atoms with Gasteiger partial charge < -0.3 is 4.74 Å². The Kier molecular flexibility index (Phi) is 12.0. The van der Waals surface area contributed by atoms with Gasteiger partial charge in [-0.25, -0.2) is 0 Å². The molecule has 0 fully saturated rings. The van der Waals surface area contributed by atoms with Gasteiger partial charge in [-0.2, -0.15) is 0 Å². The minimum absolute atomic E-state index is 0.225. The van der Waals surface area contributed by atoms with Gasteiger partial charge in [0.1, 0.15) is 0 Å². The van der Waals surface area contributed by atoms with E-state index in [9.17, 15) is 4.79 Å². The first kappa shape index (κ1) is 29.4. The van der Waals surface area contributed by atoms with Crippen molar-refractivity contribution in [2.75, 3.05) is 6.61 Å². The molecule has 0 aliphatic heterocycles. The number of hydrogen-bond donors (Lipinski definition) is 0. The summed E-state index contributed by atoms with van der Waals surface area (Å²) < 4.78 is 5.91. The first-order valence-corrected chi connectivity index (χ1v) is 13.5. The lowest BCUT2D eigenvalue weighted by Crippen LogP contribution is -2.08. The quantitative estimate of drug-likeness (QED) is 0.196. The number of aryl methyl sites for hydroxylation is 2. The fourth-order valence-corrected chi connectivity index (χ4v) is 3.64. The summed E-state index contributed by atoms with van der Waals surface area (Å²) in [6.45, 7) is 6.16. The third-order valence-electron chi connectivity index (χ3n) is 5.46. The van der Waals surface area contributed by atoms with E-state index in [1.807, 2.05) is 98.9 Å². The van der Waals surface area contributed by atoms with Crippen LogP contribution < -0.4 is 0 Å². The van der Waals surface area contributed by atoms with Gasteiger partial charge in [0.2, 0.25) is 0 Å². The summed E-state index contributed by atoms with van der Waals surface area (Å²) in [6, 6.07) is 32.2. The average Bonchev–Trinajstić information content (AvgIpc) is 2.97. The van der Waals surface area contributed by atoms with Gasteiger partial charge in [-0.05, 0) is 72.1 Å². The van der Waals surface area contributed by atoms with Crippen LogP contribution in [-0.4, -0.2) is 27.5 Å². The zero-order valence-corrected chi connectivity index (χ0v) is 24.0.